The first-order valence-electron chi connectivity index (χ1n) is 9.45. The number of aliphatic imine (C=N–C) groups is 1. The lowest BCUT2D eigenvalue weighted by molar-refractivity contribution is 0.306. The summed E-state index contributed by atoms with van der Waals surface area (Å²) in [7, 11) is -1.33. The van der Waals surface area contributed by atoms with Gasteiger partial charge < -0.3 is 10.6 Å². The summed E-state index contributed by atoms with van der Waals surface area (Å²) in [5, 5.41) is 9.28. The van der Waals surface area contributed by atoms with Crippen LogP contribution in [-0.2, 0) is 16.6 Å². The van der Waals surface area contributed by atoms with Crippen molar-refractivity contribution in [3.63, 3.8) is 0 Å². The van der Waals surface area contributed by atoms with Crippen LogP contribution in [0, 0.1) is 0 Å². The van der Waals surface area contributed by atoms with E-state index in [4.69, 9.17) is 0 Å². The van der Waals surface area contributed by atoms with E-state index in [9.17, 15) is 8.42 Å². The van der Waals surface area contributed by atoms with Gasteiger partial charge in [0.25, 0.3) is 0 Å². The number of halogens is 1. The molecule has 0 radical (unpaired) electrons. The van der Waals surface area contributed by atoms with E-state index in [0.717, 1.165) is 18.8 Å². The van der Waals surface area contributed by atoms with E-state index in [1.807, 2.05) is 6.07 Å². The Balaban J connectivity index is 0.00000280. The predicted molar refractivity (Wildman–Crippen MR) is 127 cm³/mol. The van der Waals surface area contributed by atoms with Gasteiger partial charge in [0, 0.05) is 32.7 Å². The first kappa shape index (κ1) is 22.9. The fraction of sp³-hybridized carbons (Fsp3) is 0.450. The van der Waals surface area contributed by atoms with Crippen LogP contribution in [0.3, 0.4) is 0 Å². The second kappa shape index (κ2) is 10.4. The van der Waals surface area contributed by atoms with E-state index in [1.165, 1.54) is 16.3 Å². The number of sulfonamides is 1. The van der Waals surface area contributed by atoms with Crippen LogP contribution < -0.4 is 10.6 Å². The highest BCUT2D eigenvalue weighted by Gasteiger charge is 2.26. The van der Waals surface area contributed by atoms with Crippen LogP contribution in [-0.4, -0.2) is 50.6 Å². The molecule has 154 valence electrons. The Kier molecular flexibility index (Phi) is 8.51. The third kappa shape index (κ3) is 5.57. The molecular weight excluding hydrogens is 487 g/mol. The van der Waals surface area contributed by atoms with Crippen LogP contribution in [0.5, 0.6) is 0 Å². The van der Waals surface area contributed by atoms with Crippen LogP contribution in [0.15, 0.2) is 47.5 Å². The number of hydrogen-bond acceptors (Lipinski definition) is 3. The van der Waals surface area contributed by atoms with Crippen molar-refractivity contribution in [3.05, 3.63) is 48.0 Å². The predicted octanol–water partition coefficient (Wildman–Crippen LogP) is 2.94. The Morgan fingerprint density at radius 2 is 1.82 bits per heavy atom. The zero-order chi connectivity index (χ0) is 19.3. The standard InChI is InChI=1S/C20H28N4O2S.HI/c1-3-27(25,26)24-13-11-18(12-14-24)23-20(21-2)22-15-17-9-6-8-16-7-4-5-10-19(16)17;/h4-10,18H,3,11-15H2,1-2H3,(H2,21,22,23);1H. The van der Waals surface area contributed by atoms with Crippen molar-refractivity contribution in [2.75, 3.05) is 25.9 Å². The molecule has 0 aliphatic carbocycles. The number of fused-ring (bicyclic) bond motifs is 1. The van der Waals surface area contributed by atoms with E-state index < -0.39 is 10.0 Å². The SMILES string of the molecule is CCS(=O)(=O)N1CCC(NC(=NC)NCc2cccc3ccccc23)CC1.I. The highest BCUT2D eigenvalue weighted by atomic mass is 127. The van der Waals surface area contributed by atoms with E-state index >= 15 is 0 Å². The van der Waals surface area contributed by atoms with Crippen molar-refractivity contribution >= 4 is 50.7 Å². The minimum atomic E-state index is -3.09. The molecule has 0 saturated carbocycles. The van der Waals surface area contributed by atoms with Gasteiger partial charge in [0.15, 0.2) is 5.96 Å². The van der Waals surface area contributed by atoms with Crippen LogP contribution in [0.1, 0.15) is 25.3 Å². The summed E-state index contributed by atoms with van der Waals surface area (Å²) < 4.78 is 25.5. The average Bonchev–Trinajstić information content (AvgIpc) is 2.71. The molecular formula is C20H29IN4O2S. The number of nitrogens with zero attached hydrogens (tertiary/aromatic N) is 2. The van der Waals surface area contributed by atoms with Gasteiger partial charge in [-0.25, -0.2) is 12.7 Å². The van der Waals surface area contributed by atoms with E-state index in [2.05, 4.69) is 52.0 Å². The molecule has 2 aromatic carbocycles. The third-order valence-corrected chi connectivity index (χ3v) is 6.98. The van der Waals surface area contributed by atoms with Gasteiger partial charge >= 0.3 is 0 Å². The molecule has 0 spiro atoms. The molecule has 6 nitrogen and oxygen atoms in total. The van der Waals surface area contributed by atoms with Gasteiger partial charge in [-0.05, 0) is 36.1 Å². The summed E-state index contributed by atoms with van der Waals surface area (Å²) in [6.45, 7) is 3.51. The molecule has 0 unspecified atom stereocenters. The Labute approximate surface area is 184 Å². The van der Waals surface area contributed by atoms with Crippen molar-refractivity contribution in [3.8, 4) is 0 Å². The number of piperidine rings is 1. The highest BCUT2D eigenvalue weighted by Crippen LogP contribution is 2.18. The van der Waals surface area contributed by atoms with Crippen molar-refractivity contribution in [2.24, 2.45) is 4.99 Å². The minimum absolute atomic E-state index is 0. The van der Waals surface area contributed by atoms with Crippen molar-refractivity contribution in [1.29, 1.82) is 0 Å². The molecule has 1 aliphatic rings. The Morgan fingerprint density at radius 1 is 1.14 bits per heavy atom. The maximum Gasteiger partial charge on any atom is 0.213 e. The highest BCUT2D eigenvalue weighted by molar-refractivity contribution is 14.0. The smallest absolute Gasteiger partial charge is 0.213 e. The van der Waals surface area contributed by atoms with Gasteiger partial charge in [0.1, 0.15) is 0 Å². The van der Waals surface area contributed by atoms with E-state index in [1.54, 1.807) is 18.3 Å². The molecule has 28 heavy (non-hydrogen) atoms. The van der Waals surface area contributed by atoms with Crippen molar-refractivity contribution in [2.45, 2.75) is 32.4 Å². The average molecular weight is 516 g/mol. The summed E-state index contributed by atoms with van der Waals surface area (Å²) >= 11 is 0. The lowest BCUT2D eigenvalue weighted by Crippen LogP contribution is -2.49. The first-order chi connectivity index (χ1) is 13.0. The number of benzene rings is 2. The van der Waals surface area contributed by atoms with Gasteiger partial charge in [-0.1, -0.05) is 42.5 Å². The molecule has 2 aromatic rings. The van der Waals surface area contributed by atoms with Crippen LogP contribution in [0.2, 0.25) is 0 Å². The molecule has 3 rings (SSSR count). The van der Waals surface area contributed by atoms with Crippen molar-refractivity contribution in [1.82, 2.24) is 14.9 Å². The molecule has 2 N–H and O–H groups in total. The number of guanidine groups is 1. The number of nitrogens with one attached hydrogen (secondary N) is 2. The van der Waals surface area contributed by atoms with E-state index in [0.29, 0.717) is 19.6 Å². The second-order valence-corrected chi connectivity index (χ2v) is 9.04. The topological polar surface area (TPSA) is 73.8 Å². The van der Waals surface area contributed by atoms with Gasteiger partial charge in [-0.3, -0.25) is 4.99 Å². The minimum Gasteiger partial charge on any atom is -0.354 e. The molecule has 1 saturated heterocycles. The summed E-state index contributed by atoms with van der Waals surface area (Å²) in [4.78, 5) is 4.32. The fourth-order valence-corrected chi connectivity index (χ4v) is 4.61. The van der Waals surface area contributed by atoms with Crippen LogP contribution >= 0.6 is 24.0 Å². The zero-order valence-corrected chi connectivity index (χ0v) is 19.5. The van der Waals surface area contributed by atoms with Crippen molar-refractivity contribution < 1.29 is 8.42 Å². The first-order valence-corrected chi connectivity index (χ1v) is 11.1. The maximum atomic E-state index is 12.0. The molecule has 1 aliphatic heterocycles. The summed E-state index contributed by atoms with van der Waals surface area (Å²) in [6.07, 6.45) is 1.57. The maximum absolute atomic E-state index is 12.0. The van der Waals surface area contributed by atoms with E-state index in [-0.39, 0.29) is 35.8 Å². The molecule has 0 aromatic heterocycles. The quantitative estimate of drug-likeness (QED) is 0.364. The molecule has 0 amide bonds. The third-order valence-electron chi connectivity index (χ3n) is 5.10. The molecule has 0 bridgehead atoms. The summed E-state index contributed by atoms with van der Waals surface area (Å²) in [5.74, 6) is 0.916. The van der Waals surface area contributed by atoms with Gasteiger partial charge in [0.05, 0.1) is 5.75 Å². The second-order valence-electron chi connectivity index (χ2n) is 6.78. The number of rotatable bonds is 5. The number of hydrogen-bond donors (Lipinski definition) is 2. The van der Waals surface area contributed by atoms with Crippen LogP contribution in [0.25, 0.3) is 10.8 Å². The molecule has 1 fully saturated rings. The van der Waals surface area contributed by atoms with Crippen LogP contribution in [0.4, 0.5) is 0 Å². The lowest BCUT2D eigenvalue weighted by Gasteiger charge is -2.32. The normalized spacial score (nSPS) is 16.6. The summed E-state index contributed by atoms with van der Waals surface area (Å²) in [6, 6.07) is 14.9. The van der Waals surface area contributed by atoms with Gasteiger partial charge in [-0.15, -0.1) is 24.0 Å². The van der Waals surface area contributed by atoms with Gasteiger partial charge in [0.2, 0.25) is 10.0 Å². The lowest BCUT2D eigenvalue weighted by atomic mass is 10.0. The monoisotopic (exact) mass is 516 g/mol. The zero-order valence-electron chi connectivity index (χ0n) is 16.4. The largest absolute Gasteiger partial charge is 0.354 e. The Morgan fingerprint density at radius 3 is 2.50 bits per heavy atom. The fourth-order valence-electron chi connectivity index (χ4n) is 3.47. The summed E-state index contributed by atoms with van der Waals surface area (Å²) in [5.41, 5.74) is 1.22. The molecule has 1 heterocycles. The molecule has 0 atom stereocenters. The Bertz CT molecular complexity index is 904. The Hall–Kier alpha value is -1.39. The molecule has 8 heteroatoms. The van der Waals surface area contributed by atoms with Gasteiger partial charge in [-0.2, -0.15) is 0 Å².